The number of ether oxygens (including phenoxy) is 1. The van der Waals surface area contributed by atoms with E-state index in [9.17, 15) is 4.79 Å². The molecule has 1 amide bonds. The van der Waals surface area contributed by atoms with E-state index in [1.807, 2.05) is 30.3 Å². The van der Waals surface area contributed by atoms with Crippen LogP contribution in [0.25, 0.3) is 10.1 Å². The fourth-order valence-corrected chi connectivity index (χ4v) is 3.20. The topological polar surface area (TPSA) is 43.3 Å². The molecule has 114 valence electrons. The van der Waals surface area contributed by atoms with E-state index in [4.69, 9.17) is 4.74 Å². The molecule has 3 aromatic rings. The first kappa shape index (κ1) is 14.7. The predicted molar refractivity (Wildman–Crippen MR) is 91.1 cm³/mol. The van der Waals surface area contributed by atoms with Gasteiger partial charge >= 0.3 is 0 Å². The zero-order valence-electron chi connectivity index (χ0n) is 12.8. The lowest BCUT2D eigenvalue weighted by Gasteiger charge is -2.06. The van der Waals surface area contributed by atoms with E-state index >= 15 is 0 Å². The maximum Gasteiger partial charge on any atom is 0.265 e. The number of hydrogen-bond donors (Lipinski definition) is 1. The number of nitrogens with zero attached hydrogens (tertiary/aromatic N) is 1. The molecule has 0 fully saturated rings. The van der Waals surface area contributed by atoms with Crippen LogP contribution in [0.1, 0.15) is 29.6 Å². The van der Waals surface area contributed by atoms with E-state index in [-0.39, 0.29) is 5.91 Å². The standard InChI is InChI=1S/C17H18N2O2S/c1-11(2)19-9-12-8-15(22-16(12)10-19)17(20)18-13-4-6-14(21-3)7-5-13/h4-11H,1-3H3,(H,18,20). The number of methoxy groups -OCH3 is 1. The van der Waals surface area contributed by atoms with Crippen LogP contribution in [-0.2, 0) is 0 Å². The molecule has 0 aliphatic carbocycles. The fraction of sp³-hybridized carbons (Fsp3) is 0.235. The Morgan fingerprint density at radius 3 is 2.55 bits per heavy atom. The summed E-state index contributed by atoms with van der Waals surface area (Å²) in [6, 6.07) is 9.68. The second-order valence-electron chi connectivity index (χ2n) is 5.41. The van der Waals surface area contributed by atoms with Gasteiger partial charge in [-0.15, -0.1) is 11.3 Å². The van der Waals surface area contributed by atoms with Crippen molar-refractivity contribution < 1.29 is 9.53 Å². The summed E-state index contributed by atoms with van der Waals surface area (Å²) < 4.78 is 8.40. The smallest absolute Gasteiger partial charge is 0.265 e. The lowest BCUT2D eigenvalue weighted by Crippen LogP contribution is -2.09. The number of aromatic nitrogens is 1. The van der Waals surface area contributed by atoms with Gasteiger partial charge in [-0.25, -0.2) is 0 Å². The van der Waals surface area contributed by atoms with Crippen molar-refractivity contribution in [2.24, 2.45) is 0 Å². The summed E-state index contributed by atoms with van der Waals surface area (Å²) in [6.45, 7) is 4.28. The minimum atomic E-state index is -0.0811. The molecule has 4 nitrogen and oxygen atoms in total. The molecule has 2 aromatic heterocycles. The first-order valence-electron chi connectivity index (χ1n) is 7.13. The number of thiophene rings is 1. The van der Waals surface area contributed by atoms with Crippen molar-refractivity contribution >= 4 is 33.0 Å². The van der Waals surface area contributed by atoms with E-state index in [1.54, 1.807) is 7.11 Å². The van der Waals surface area contributed by atoms with Gasteiger partial charge in [0.25, 0.3) is 5.91 Å². The Kier molecular flexibility index (Phi) is 3.90. The fourth-order valence-electron chi connectivity index (χ4n) is 2.23. The van der Waals surface area contributed by atoms with Gasteiger partial charge in [-0.1, -0.05) is 0 Å². The zero-order chi connectivity index (χ0) is 15.7. The summed E-state index contributed by atoms with van der Waals surface area (Å²) in [5, 5.41) is 4.02. The van der Waals surface area contributed by atoms with Gasteiger partial charge in [0, 0.05) is 29.5 Å². The van der Waals surface area contributed by atoms with Gasteiger partial charge in [-0.2, -0.15) is 0 Å². The van der Waals surface area contributed by atoms with Crippen molar-refractivity contribution in [3.63, 3.8) is 0 Å². The van der Waals surface area contributed by atoms with Gasteiger partial charge in [0.15, 0.2) is 0 Å². The number of carbonyl (C=O) groups excluding carboxylic acids is 1. The highest BCUT2D eigenvalue weighted by molar-refractivity contribution is 7.20. The number of nitrogens with one attached hydrogen (secondary N) is 1. The normalized spacial score (nSPS) is 11.1. The number of rotatable bonds is 4. The van der Waals surface area contributed by atoms with Crippen LogP contribution < -0.4 is 10.1 Å². The molecule has 0 atom stereocenters. The summed E-state index contributed by atoms with van der Waals surface area (Å²) >= 11 is 1.51. The minimum Gasteiger partial charge on any atom is -0.497 e. The van der Waals surface area contributed by atoms with Crippen molar-refractivity contribution in [2.45, 2.75) is 19.9 Å². The molecule has 0 saturated carbocycles. The van der Waals surface area contributed by atoms with Crippen molar-refractivity contribution in [3.05, 3.63) is 47.6 Å². The molecular formula is C17H18N2O2S. The number of anilines is 1. The summed E-state index contributed by atoms with van der Waals surface area (Å²) in [6.07, 6.45) is 4.18. The Bertz CT molecular complexity index is 768. The largest absolute Gasteiger partial charge is 0.497 e. The highest BCUT2D eigenvalue weighted by Gasteiger charge is 2.12. The van der Waals surface area contributed by atoms with Crippen LogP contribution in [-0.4, -0.2) is 17.6 Å². The van der Waals surface area contributed by atoms with Crippen LogP contribution in [0.4, 0.5) is 5.69 Å². The molecule has 5 heteroatoms. The number of fused-ring (bicyclic) bond motifs is 1. The molecule has 0 saturated heterocycles. The summed E-state index contributed by atoms with van der Waals surface area (Å²) in [7, 11) is 1.62. The molecule has 0 bridgehead atoms. The van der Waals surface area contributed by atoms with Gasteiger partial charge in [0.1, 0.15) is 5.75 Å². The molecule has 2 heterocycles. The maximum atomic E-state index is 12.3. The second kappa shape index (κ2) is 5.85. The summed E-state index contributed by atoms with van der Waals surface area (Å²) in [4.78, 5) is 13.0. The Labute approximate surface area is 133 Å². The average Bonchev–Trinajstić information content (AvgIpc) is 3.06. The van der Waals surface area contributed by atoms with Gasteiger partial charge in [-0.3, -0.25) is 4.79 Å². The zero-order valence-corrected chi connectivity index (χ0v) is 13.6. The highest BCUT2D eigenvalue weighted by atomic mass is 32.1. The SMILES string of the molecule is COc1ccc(NC(=O)c2cc3cn(C(C)C)cc3s2)cc1. The first-order chi connectivity index (χ1) is 10.6. The summed E-state index contributed by atoms with van der Waals surface area (Å²) in [5.41, 5.74) is 0.760. The van der Waals surface area contributed by atoms with E-state index in [0.717, 1.165) is 26.4 Å². The molecule has 0 radical (unpaired) electrons. The Hall–Kier alpha value is -2.27. The number of carbonyl (C=O) groups is 1. The van der Waals surface area contributed by atoms with Crippen molar-refractivity contribution in [1.82, 2.24) is 4.57 Å². The molecule has 1 aromatic carbocycles. The first-order valence-corrected chi connectivity index (χ1v) is 7.95. The minimum absolute atomic E-state index is 0.0811. The van der Waals surface area contributed by atoms with Gasteiger partial charge < -0.3 is 14.6 Å². The Morgan fingerprint density at radius 2 is 1.95 bits per heavy atom. The van der Waals surface area contributed by atoms with Crippen LogP contribution in [0.3, 0.4) is 0 Å². The van der Waals surface area contributed by atoms with Crippen LogP contribution in [0.2, 0.25) is 0 Å². The third-order valence-corrected chi connectivity index (χ3v) is 4.60. The molecule has 3 rings (SSSR count). The van der Waals surface area contributed by atoms with Gasteiger partial charge in [-0.05, 0) is 44.2 Å². The van der Waals surface area contributed by atoms with Crippen LogP contribution >= 0.6 is 11.3 Å². The Balaban J connectivity index is 1.77. The van der Waals surface area contributed by atoms with Crippen LogP contribution in [0.5, 0.6) is 5.75 Å². The summed E-state index contributed by atoms with van der Waals surface area (Å²) in [5.74, 6) is 0.688. The van der Waals surface area contributed by atoms with Crippen molar-refractivity contribution in [3.8, 4) is 5.75 Å². The van der Waals surface area contributed by atoms with Gasteiger partial charge in [0.05, 0.1) is 16.7 Å². The number of benzene rings is 1. The molecule has 0 aliphatic rings. The molecule has 22 heavy (non-hydrogen) atoms. The number of hydrogen-bond acceptors (Lipinski definition) is 3. The molecule has 1 N–H and O–H groups in total. The van der Waals surface area contributed by atoms with E-state index in [2.05, 4.69) is 36.1 Å². The average molecular weight is 314 g/mol. The monoisotopic (exact) mass is 314 g/mol. The Morgan fingerprint density at radius 1 is 1.23 bits per heavy atom. The quantitative estimate of drug-likeness (QED) is 0.768. The van der Waals surface area contributed by atoms with Crippen LogP contribution in [0, 0.1) is 0 Å². The third kappa shape index (κ3) is 2.85. The lowest BCUT2D eigenvalue weighted by molar-refractivity contribution is 0.103. The predicted octanol–water partition coefficient (Wildman–Crippen LogP) is 4.54. The maximum absolute atomic E-state index is 12.3. The molecular weight excluding hydrogens is 296 g/mol. The third-order valence-electron chi connectivity index (χ3n) is 3.51. The van der Waals surface area contributed by atoms with E-state index in [0.29, 0.717) is 6.04 Å². The molecule has 0 unspecified atom stereocenters. The van der Waals surface area contributed by atoms with Crippen LogP contribution in [0.15, 0.2) is 42.7 Å². The van der Waals surface area contributed by atoms with E-state index < -0.39 is 0 Å². The van der Waals surface area contributed by atoms with Crippen molar-refractivity contribution in [2.75, 3.05) is 12.4 Å². The molecule has 0 spiro atoms. The van der Waals surface area contributed by atoms with Crippen molar-refractivity contribution in [1.29, 1.82) is 0 Å². The second-order valence-corrected chi connectivity index (χ2v) is 6.50. The highest BCUT2D eigenvalue weighted by Crippen LogP contribution is 2.28. The molecule has 0 aliphatic heterocycles. The van der Waals surface area contributed by atoms with Gasteiger partial charge in [0.2, 0.25) is 0 Å². The number of amides is 1. The van der Waals surface area contributed by atoms with E-state index in [1.165, 1.54) is 11.3 Å². The lowest BCUT2D eigenvalue weighted by atomic mass is 10.3.